The minimum absolute atomic E-state index is 0.0537. The second-order valence-corrected chi connectivity index (χ2v) is 4.24. The van der Waals surface area contributed by atoms with Gasteiger partial charge in [0.2, 0.25) is 0 Å². The zero-order valence-corrected chi connectivity index (χ0v) is 11.0. The van der Waals surface area contributed by atoms with E-state index in [1.807, 2.05) is 0 Å². The number of carbonyl (C=O) groups is 1. The highest BCUT2D eigenvalue weighted by atomic mass is 35.5. The number of phenolic OH excluding ortho intramolecular Hbond substituents is 1. The number of benzene rings is 2. The van der Waals surface area contributed by atoms with E-state index in [1.54, 1.807) is 42.5 Å². The summed E-state index contributed by atoms with van der Waals surface area (Å²) in [5.74, 6) is 0.0537. The van der Waals surface area contributed by atoms with Crippen molar-refractivity contribution in [3.8, 4) is 5.75 Å². The van der Waals surface area contributed by atoms with Crippen molar-refractivity contribution in [3.63, 3.8) is 0 Å². The first-order chi connectivity index (χ1) is 9.65. The number of phenols is 1. The summed E-state index contributed by atoms with van der Waals surface area (Å²) < 4.78 is 0. The summed E-state index contributed by atoms with van der Waals surface area (Å²) in [4.78, 5) is 16.0. The molecule has 0 unspecified atom stereocenters. The van der Waals surface area contributed by atoms with Gasteiger partial charge in [-0.05, 0) is 36.4 Å². The molecule has 0 fully saturated rings. The third-order valence-electron chi connectivity index (χ3n) is 2.35. The number of anilines is 1. The molecule has 0 atom stereocenters. The van der Waals surface area contributed by atoms with Crippen molar-refractivity contribution in [2.24, 2.45) is 5.16 Å². The molecule has 102 valence electrons. The smallest absolute Gasteiger partial charge is 0.437 e. The Bertz CT molecular complexity index is 627. The molecule has 2 aromatic carbocycles. The predicted octanol–water partition coefficient (Wildman–Crippen LogP) is 3.63. The van der Waals surface area contributed by atoms with E-state index >= 15 is 0 Å². The number of para-hydroxylation sites is 1. The number of nitrogens with zero attached hydrogens (tertiary/aromatic N) is 1. The van der Waals surface area contributed by atoms with Gasteiger partial charge in [-0.3, -0.25) is 10.2 Å². The van der Waals surface area contributed by atoms with Crippen LogP contribution in [0.1, 0.15) is 5.56 Å². The lowest BCUT2D eigenvalue weighted by atomic mass is 10.2. The van der Waals surface area contributed by atoms with E-state index in [1.165, 1.54) is 12.3 Å². The van der Waals surface area contributed by atoms with Crippen LogP contribution in [0, 0.1) is 0 Å². The number of nitrogens with one attached hydrogen (secondary N) is 1. The fourth-order valence-electron chi connectivity index (χ4n) is 1.40. The number of carbonyl (C=O) groups excluding carboxylic acids is 1. The second kappa shape index (κ2) is 6.58. The lowest BCUT2D eigenvalue weighted by molar-refractivity contribution is 0.167. The van der Waals surface area contributed by atoms with Crippen LogP contribution in [0.15, 0.2) is 53.7 Å². The Kier molecular flexibility index (Phi) is 4.57. The molecule has 0 radical (unpaired) electrons. The van der Waals surface area contributed by atoms with Gasteiger partial charge in [0, 0.05) is 16.3 Å². The van der Waals surface area contributed by atoms with Gasteiger partial charge in [0.25, 0.3) is 0 Å². The number of oxime groups is 1. The zero-order valence-electron chi connectivity index (χ0n) is 10.3. The minimum atomic E-state index is -0.737. The molecular weight excluding hydrogens is 280 g/mol. The lowest BCUT2D eigenvalue weighted by Crippen LogP contribution is -2.10. The second-order valence-electron chi connectivity index (χ2n) is 3.80. The maximum Gasteiger partial charge on any atom is 0.437 e. The van der Waals surface area contributed by atoms with Crippen molar-refractivity contribution >= 4 is 29.6 Å². The first-order valence-corrected chi connectivity index (χ1v) is 6.08. The van der Waals surface area contributed by atoms with Gasteiger partial charge in [0.05, 0.1) is 6.21 Å². The minimum Gasteiger partial charge on any atom is -0.507 e. The van der Waals surface area contributed by atoms with Gasteiger partial charge in [0.1, 0.15) is 5.75 Å². The molecule has 0 heterocycles. The van der Waals surface area contributed by atoms with E-state index in [2.05, 4.69) is 15.3 Å². The number of hydrogen-bond donors (Lipinski definition) is 2. The normalized spacial score (nSPS) is 10.4. The molecule has 0 saturated heterocycles. The molecule has 0 aromatic heterocycles. The summed E-state index contributed by atoms with van der Waals surface area (Å²) in [5, 5.41) is 16.0. The highest BCUT2D eigenvalue weighted by Crippen LogP contribution is 2.14. The molecule has 0 aliphatic rings. The molecule has 0 aliphatic heterocycles. The molecule has 0 aliphatic carbocycles. The van der Waals surface area contributed by atoms with Gasteiger partial charge in [-0.2, -0.15) is 0 Å². The van der Waals surface area contributed by atoms with Crippen LogP contribution in [0.2, 0.25) is 5.02 Å². The highest BCUT2D eigenvalue weighted by molar-refractivity contribution is 6.30. The summed E-state index contributed by atoms with van der Waals surface area (Å²) in [5.41, 5.74) is 0.990. The maximum absolute atomic E-state index is 11.4. The van der Waals surface area contributed by atoms with E-state index in [4.69, 9.17) is 11.6 Å². The van der Waals surface area contributed by atoms with Crippen molar-refractivity contribution in [1.29, 1.82) is 0 Å². The van der Waals surface area contributed by atoms with Crippen LogP contribution >= 0.6 is 11.6 Å². The molecule has 1 amide bonds. The van der Waals surface area contributed by atoms with Gasteiger partial charge in [-0.1, -0.05) is 28.9 Å². The first kappa shape index (κ1) is 13.9. The first-order valence-electron chi connectivity index (χ1n) is 5.70. The maximum atomic E-state index is 11.4. The van der Waals surface area contributed by atoms with Crippen molar-refractivity contribution in [2.75, 3.05) is 5.32 Å². The van der Waals surface area contributed by atoms with Crippen molar-refractivity contribution in [1.82, 2.24) is 0 Å². The van der Waals surface area contributed by atoms with Gasteiger partial charge >= 0.3 is 6.09 Å². The average Bonchev–Trinajstić information content (AvgIpc) is 2.43. The van der Waals surface area contributed by atoms with Gasteiger partial charge in [0.15, 0.2) is 0 Å². The van der Waals surface area contributed by atoms with E-state index < -0.39 is 6.09 Å². The third-order valence-corrected chi connectivity index (χ3v) is 2.61. The number of rotatable bonds is 3. The van der Waals surface area contributed by atoms with Crippen molar-refractivity contribution in [3.05, 3.63) is 59.1 Å². The molecule has 6 heteroatoms. The number of aromatic hydroxyl groups is 1. The van der Waals surface area contributed by atoms with Crippen LogP contribution in [0.5, 0.6) is 5.75 Å². The van der Waals surface area contributed by atoms with Gasteiger partial charge < -0.3 is 5.11 Å². The molecule has 20 heavy (non-hydrogen) atoms. The van der Waals surface area contributed by atoms with Crippen molar-refractivity contribution in [2.45, 2.75) is 0 Å². The van der Waals surface area contributed by atoms with Crippen LogP contribution in [-0.4, -0.2) is 17.4 Å². The van der Waals surface area contributed by atoms with Crippen LogP contribution in [0.4, 0.5) is 10.5 Å². The quantitative estimate of drug-likeness (QED) is 0.515. The lowest BCUT2D eigenvalue weighted by Gasteiger charge is -2.02. The Morgan fingerprint density at radius 2 is 1.90 bits per heavy atom. The Labute approximate surface area is 120 Å². The molecule has 0 saturated carbocycles. The highest BCUT2D eigenvalue weighted by Gasteiger charge is 2.02. The molecule has 0 bridgehead atoms. The number of halogens is 1. The molecule has 5 nitrogen and oxygen atoms in total. The SMILES string of the molecule is O=C(Nc1ccc(Cl)cc1)O/N=C/c1ccccc1O. The predicted molar refractivity (Wildman–Crippen MR) is 77.3 cm³/mol. The largest absolute Gasteiger partial charge is 0.507 e. The summed E-state index contributed by atoms with van der Waals surface area (Å²) >= 11 is 5.72. The molecule has 2 rings (SSSR count). The van der Waals surface area contributed by atoms with Gasteiger partial charge in [-0.15, -0.1) is 0 Å². The topological polar surface area (TPSA) is 70.9 Å². The van der Waals surface area contributed by atoms with Crippen molar-refractivity contribution < 1.29 is 14.7 Å². The molecule has 0 spiro atoms. The third kappa shape index (κ3) is 4.00. The van der Waals surface area contributed by atoms with Crippen LogP contribution in [0.25, 0.3) is 0 Å². The van der Waals surface area contributed by atoms with Gasteiger partial charge in [-0.25, -0.2) is 4.79 Å². The number of hydrogen-bond acceptors (Lipinski definition) is 4. The zero-order chi connectivity index (χ0) is 14.4. The standard InChI is InChI=1S/C14H11ClN2O3/c15-11-5-7-12(8-6-11)17-14(19)20-16-9-10-3-1-2-4-13(10)18/h1-9,18H,(H,17,19)/b16-9+. The van der Waals surface area contributed by atoms with Crippen LogP contribution < -0.4 is 5.32 Å². The Balaban J connectivity index is 1.89. The average molecular weight is 291 g/mol. The summed E-state index contributed by atoms with van der Waals surface area (Å²) in [6.45, 7) is 0. The fraction of sp³-hybridized carbons (Fsp3) is 0. The van der Waals surface area contributed by atoms with E-state index in [9.17, 15) is 9.90 Å². The monoisotopic (exact) mass is 290 g/mol. The van der Waals surface area contributed by atoms with Crippen LogP contribution in [-0.2, 0) is 4.84 Å². The molecular formula is C14H11ClN2O3. The molecule has 2 aromatic rings. The van der Waals surface area contributed by atoms with E-state index in [-0.39, 0.29) is 5.75 Å². The molecule has 2 N–H and O–H groups in total. The van der Waals surface area contributed by atoms with Crippen LogP contribution in [0.3, 0.4) is 0 Å². The summed E-state index contributed by atoms with van der Waals surface area (Å²) in [7, 11) is 0. The fourth-order valence-corrected chi connectivity index (χ4v) is 1.53. The Morgan fingerprint density at radius 1 is 1.20 bits per heavy atom. The Hall–Kier alpha value is -2.53. The van der Waals surface area contributed by atoms with E-state index in [0.717, 1.165) is 0 Å². The van der Waals surface area contributed by atoms with E-state index in [0.29, 0.717) is 16.3 Å². The number of amides is 1. The Morgan fingerprint density at radius 3 is 2.60 bits per heavy atom. The summed E-state index contributed by atoms with van der Waals surface area (Å²) in [6.07, 6.45) is 0.510. The summed E-state index contributed by atoms with van der Waals surface area (Å²) in [6, 6.07) is 13.1.